The fraction of sp³-hybridized carbons (Fsp3) is 0.750. The summed E-state index contributed by atoms with van der Waals surface area (Å²) in [6, 6.07) is 0. The van der Waals surface area contributed by atoms with E-state index in [4.69, 9.17) is 9.84 Å². The van der Waals surface area contributed by atoms with Crippen LogP contribution in [-0.2, 0) is 9.53 Å². The standard InChI is InChI=1S/C8H12INO4/c1-8(6(11)12)3-2-4-10(8)7(13)14-5-9/h2-5H2,1H3,(H,11,12)/t8-/m0/s1. The summed E-state index contributed by atoms with van der Waals surface area (Å²) in [6.45, 7) is 2.01. The third kappa shape index (κ3) is 1.94. The van der Waals surface area contributed by atoms with Gasteiger partial charge in [-0.1, -0.05) is 0 Å². The van der Waals surface area contributed by atoms with Crippen molar-refractivity contribution in [3.05, 3.63) is 0 Å². The van der Waals surface area contributed by atoms with Crippen LogP contribution in [0.4, 0.5) is 4.79 Å². The van der Waals surface area contributed by atoms with Gasteiger partial charge in [0.1, 0.15) is 10.2 Å². The molecule has 0 aromatic rings. The number of carboxylic acid groups (broad SMARTS) is 1. The molecule has 1 rings (SSSR count). The van der Waals surface area contributed by atoms with Crippen molar-refractivity contribution in [1.29, 1.82) is 0 Å². The molecule has 0 spiro atoms. The number of carbonyl (C=O) groups excluding carboxylic acids is 1. The summed E-state index contributed by atoms with van der Waals surface area (Å²) in [4.78, 5) is 23.7. The molecule has 0 aromatic heterocycles. The fourth-order valence-corrected chi connectivity index (χ4v) is 1.87. The predicted octanol–water partition coefficient (Wildman–Crippen LogP) is 1.45. The third-order valence-electron chi connectivity index (χ3n) is 2.50. The second kappa shape index (κ2) is 4.33. The quantitative estimate of drug-likeness (QED) is 0.619. The van der Waals surface area contributed by atoms with Crippen LogP contribution in [-0.4, -0.2) is 38.8 Å². The fourth-order valence-electron chi connectivity index (χ4n) is 1.60. The normalized spacial score (nSPS) is 26.3. The molecule has 0 radical (unpaired) electrons. The number of nitrogens with zero attached hydrogens (tertiary/aromatic N) is 1. The summed E-state index contributed by atoms with van der Waals surface area (Å²) in [7, 11) is 0. The van der Waals surface area contributed by atoms with Gasteiger partial charge in [0.2, 0.25) is 0 Å². The van der Waals surface area contributed by atoms with Crippen LogP contribution in [0.1, 0.15) is 19.8 Å². The van der Waals surface area contributed by atoms with Crippen LogP contribution in [0.25, 0.3) is 0 Å². The first-order chi connectivity index (χ1) is 6.52. The molecule has 5 nitrogen and oxygen atoms in total. The number of hydrogen-bond acceptors (Lipinski definition) is 3. The van der Waals surface area contributed by atoms with E-state index < -0.39 is 17.6 Å². The summed E-state index contributed by atoms with van der Waals surface area (Å²) in [5, 5.41) is 9.01. The third-order valence-corrected chi connectivity index (χ3v) is 2.81. The Morgan fingerprint density at radius 1 is 1.64 bits per heavy atom. The molecule has 80 valence electrons. The molecule has 1 amide bonds. The van der Waals surface area contributed by atoms with Gasteiger partial charge < -0.3 is 9.84 Å². The van der Waals surface area contributed by atoms with Gasteiger partial charge in [-0.05, 0) is 42.4 Å². The van der Waals surface area contributed by atoms with Gasteiger partial charge in [-0.15, -0.1) is 0 Å². The average Bonchev–Trinajstić information content (AvgIpc) is 2.49. The summed E-state index contributed by atoms with van der Waals surface area (Å²) in [5.41, 5.74) is -1.09. The Morgan fingerprint density at radius 2 is 2.29 bits per heavy atom. The summed E-state index contributed by atoms with van der Waals surface area (Å²) < 4.78 is 5.02. The maximum Gasteiger partial charge on any atom is 0.411 e. The summed E-state index contributed by atoms with van der Waals surface area (Å²) in [5.74, 6) is -0.972. The zero-order valence-corrected chi connectivity index (χ0v) is 9.98. The first-order valence-corrected chi connectivity index (χ1v) is 5.78. The van der Waals surface area contributed by atoms with Crippen molar-refractivity contribution in [2.24, 2.45) is 0 Å². The van der Waals surface area contributed by atoms with E-state index in [1.165, 1.54) is 4.90 Å². The number of alkyl halides is 1. The lowest BCUT2D eigenvalue weighted by atomic mass is 10.00. The number of ether oxygens (including phenoxy) is 1. The van der Waals surface area contributed by atoms with E-state index >= 15 is 0 Å². The minimum Gasteiger partial charge on any atom is -0.480 e. The van der Waals surface area contributed by atoms with E-state index in [1.54, 1.807) is 6.92 Å². The Bertz CT molecular complexity index is 258. The molecular weight excluding hydrogens is 301 g/mol. The molecule has 0 aromatic carbocycles. The van der Waals surface area contributed by atoms with Gasteiger partial charge in [-0.2, -0.15) is 0 Å². The molecule has 6 heteroatoms. The van der Waals surface area contributed by atoms with E-state index in [0.29, 0.717) is 19.4 Å². The van der Waals surface area contributed by atoms with Gasteiger partial charge >= 0.3 is 12.1 Å². The largest absolute Gasteiger partial charge is 0.480 e. The zero-order chi connectivity index (χ0) is 10.8. The predicted molar refractivity (Wildman–Crippen MR) is 57.3 cm³/mol. The van der Waals surface area contributed by atoms with Crippen molar-refractivity contribution >= 4 is 34.7 Å². The van der Waals surface area contributed by atoms with Crippen LogP contribution in [0, 0.1) is 0 Å². The Balaban J connectivity index is 2.77. The number of carbonyl (C=O) groups is 2. The number of halogens is 1. The molecule has 1 aliphatic heterocycles. The lowest BCUT2D eigenvalue weighted by Crippen LogP contribution is -2.50. The van der Waals surface area contributed by atoms with Gasteiger partial charge in [-0.25, -0.2) is 9.59 Å². The Kier molecular flexibility index (Phi) is 3.57. The number of aliphatic carboxylic acids is 1. The molecule has 14 heavy (non-hydrogen) atoms. The highest BCUT2D eigenvalue weighted by atomic mass is 127. The lowest BCUT2D eigenvalue weighted by Gasteiger charge is -2.29. The van der Waals surface area contributed by atoms with Crippen molar-refractivity contribution in [1.82, 2.24) is 4.90 Å². The maximum atomic E-state index is 11.4. The minimum atomic E-state index is -1.09. The van der Waals surface area contributed by atoms with Crippen LogP contribution in [0.5, 0.6) is 0 Å². The average molecular weight is 313 g/mol. The number of rotatable bonds is 2. The molecule has 0 saturated carbocycles. The Hall–Kier alpha value is -0.530. The van der Waals surface area contributed by atoms with E-state index in [0.717, 1.165) is 0 Å². The van der Waals surface area contributed by atoms with Crippen LogP contribution in [0.3, 0.4) is 0 Å². The zero-order valence-electron chi connectivity index (χ0n) is 7.83. The molecule has 1 fully saturated rings. The van der Waals surface area contributed by atoms with Crippen LogP contribution in [0.15, 0.2) is 0 Å². The molecule has 1 N–H and O–H groups in total. The van der Waals surface area contributed by atoms with Crippen molar-refractivity contribution < 1.29 is 19.4 Å². The SMILES string of the molecule is C[C@@]1(C(=O)O)CCCN1C(=O)OCI. The lowest BCUT2D eigenvalue weighted by molar-refractivity contribution is -0.147. The van der Waals surface area contributed by atoms with Crippen molar-refractivity contribution in [2.45, 2.75) is 25.3 Å². The van der Waals surface area contributed by atoms with E-state index in [9.17, 15) is 9.59 Å². The van der Waals surface area contributed by atoms with Gasteiger partial charge in [-0.3, -0.25) is 4.90 Å². The van der Waals surface area contributed by atoms with Crippen LogP contribution in [0.2, 0.25) is 0 Å². The van der Waals surface area contributed by atoms with E-state index in [1.807, 2.05) is 22.6 Å². The molecular formula is C8H12INO4. The van der Waals surface area contributed by atoms with Crippen molar-refractivity contribution in [3.63, 3.8) is 0 Å². The molecule has 0 bridgehead atoms. The van der Waals surface area contributed by atoms with Gasteiger partial charge in [0.25, 0.3) is 0 Å². The Morgan fingerprint density at radius 3 is 2.79 bits per heavy atom. The van der Waals surface area contributed by atoms with Crippen LogP contribution < -0.4 is 0 Å². The highest BCUT2D eigenvalue weighted by molar-refractivity contribution is 14.1. The minimum absolute atomic E-state index is 0.239. The number of carboxylic acids is 1. The van der Waals surface area contributed by atoms with E-state index in [-0.39, 0.29) is 4.61 Å². The molecule has 1 saturated heterocycles. The maximum absolute atomic E-state index is 11.4. The first kappa shape index (κ1) is 11.5. The monoisotopic (exact) mass is 313 g/mol. The number of amides is 1. The Labute approximate surface area is 95.5 Å². The summed E-state index contributed by atoms with van der Waals surface area (Å²) in [6.07, 6.45) is 0.652. The van der Waals surface area contributed by atoms with Crippen LogP contribution >= 0.6 is 22.6 Å². The smallest absolute Gasteiger partial charge is 0.411 e. The molecule has 0 aliphatic carbocycles. The first-order valence-electron chi connectivity index (χ1n) is 4.26. The van der Waals surface area contributed by atoms with Gasteiger partial charge in [0, 0.05) is 6.54 Å². The summed E-state index contributed by atoms with van der Waals surface area (Å²) >= 11 is 1.90. The number of likely N-dealkylation sites (tertiary alicyclic amines) is 1. The van der Waals surface area contributed by atoms with E-state index in [2.05, 4.69) is 0 Å². The molecule has 1 aliphatic rings. The molecule has 1 atom stereocenters. The number of hydrogen-bond donors (Lipinski definition) is 1. The van der Waals surface area contributed by atoms with Crippen molar-refractivity contribution in [2.75, 3.05) is 11.2 Å². The highest BCUT2D eigenvalue weighted by Gasteiger charge is 2.46. The molecule has 0 unspecified atom stereocenters. The van der Waals surface area contributed by atoms with Gasteiger partial charge in [0.05, 0.1) is 0 Å². The highest BCUT2D eigenvalue weighted by Crippen LogP contribution is 2.29. The topological polar surface area (TPSA) is 66.8 Å². The molecule has 1 heterocycles. The van der Waals surface area contributed by atoms with Gasteiger partial charge in [0.15, 0.2) is 0 Å². The second-order valence-corrected chi connectivity index (χ2v) is 3.98. The second-order valence-electron chi connectivity index (χ2n) is 3.35. The van der Waals surface area contributed by atoms with Crippen molar-refractivity contribution in [3.8, 4) is 0 Å².